The van der Waals surface area contributed by atoms with Gasteiger partial charge in [0.1, 0.15) is 6.04 Å². The van der Waals surface area contributed by atoms with E-state index < -0.39 is 12.0 Å². The number of H-pyrrole nitrogens is 1. The molecule has 1 aromatic heterocycles. The van der Waals surface area contributed by atoms with Gasteiger partial charge >= 0.3 is 12.1 Å². The molecule has 1 aromatic carbocycles. The number of benzene rings is 1. The molecule has 25 heavy (non-hydrogen) atoms. The third-order valence-corrected chi connectivity index (χ3v) is 4.60. The number of fused-ring (bicyclic) bond motifs is 1. The summed E-state index contributed by atoms with van der Waals surface area (Å²) in [5, 5.41) is 10.8. The van der Waals surface area contributed by atoms with Crippen molar-refractivity contribution < 1.29 is 19.4 Å². The minimum atomic E-state index is -0.882. The number of carboxylic acids is 1. The van der Waals surface area contributed by atoms with Gasteiger partial charge < -0.3 is 19.7 Å². The highest BCUT2D eigenvalue weighted by molar-refractivity contribution is 5.89. The molecule has 0 bridgehead atoms. The number of piperazine rings is 1. The fourth-order valence-corrected chi connectivity index (χ4v) is 3.35. The summed E-state index contributed by atoms with van der Waals surface area (Å²) < 4.78 is 5.01. The van der Waals surface area contributed by atoms with E-state index in [1.165, 1.54) is 0 Å². The summed E-state index contributed by atoms with van der Waals surface area (Å²) in [5.41, 5.74) is 2.78. The molecule has 7 heteroatoms. The Balaban J connectivity index is 1.82. The molecule has 1 aliphatic heterocycles. The maximum absolute atomic E-state index is 12.0. The Morgan fingerprint density at radius 3 is 2.64 bits per heavy atom. The van der Waals surface area contributed by atoms with Crippen molar-refractivity contribution in [3.63, 3.8) is 0 Å². The maximum Gasteiger partial charge on any atom is 0.409 e. The molecule has 1 amide bonds. The van der Waals surface area contributed by atoms with Crippen molar-refractivity contribution in [1.82, 2.24) is 14.8 Å². The Bertz CT molecular complexity index is 778. The number of carboxylic acid groups (broad SMARTS) is 1. The number of aromatic amines is 1. The highest BCUT2D eigenvalue weighted by atomic mass is 16.6. The van der Waals surface area contributed by atoms with Crippen molar-refractivity contribution in [3.05, 3.63) is 35.5 Å². The van der Waals surface area contributed by atoms with Gasteiger partial charge in [0.2, 0.25) is 0 Å². The number of nitrogens with zero attached hydrogens (tertiary/aromatic N) is 2. The van der Waals surface area contributed by atoms with E-state index in [0.717, 1.165) is 22.0 Å². The summed E-state index contributed by atoms with van der Waals surface area (Å²) in [7, 11) is 0. The van der Waals surface area contributed by atoms with Gasteiger partial charge in [0.15, 0.2) is 0 Å². The van der Waals surface area contributed by atoms with E-state index in [0.29, 0.717) is 32.8 Å². The molecule has 2 N–H and O–H groups in total. The zero-order chi connectivity index (χ0) is 18.0. The van der Waals surface area contributed by atoms with Crippen LogP contribution in [-0.2, 0) is 9.53 Å². The fourth-order valence-electron chi connectivity index (χ4n) is 3.35. The third kappa shape index (κ3) is 3.46. The molecule has 0 aliphatic carbocycles. The first-order valence-corrected chi connectivity index (χ1v) is 8.47. The molecule has 3 rings (SSSR count). The van der Waals surface area contributed by atoms with Crippen LogP contribution >= 0.6 is 0 Å². The minimum absolute atomic E-state index is 0.336. The van der Waals surface area contributed by atoms with Gasteiger partial charge in [0.25, 0.3) is 0 Å². The van der Waals surface area contributed by atoms with E-state index in [1.54, 1.807) is 18.0 Å². The van der Waals surface area contributed by atoms with Gasteiger partial charge in [-0.3, -0.25) is 9.69 Å². The second-order valence-corrected chi connectivity index (χ2v) is 6.26. The quantitative estimate of drug-likeness (QED) is 0.888. The Kier molecular flexibility index (Phi) is 4.94. The molecule has 0 radical (unpaired) electrons. The number of nitrogens with one attached hydrogen (secondary N) is 1. The highest BCUT2D eigenvalue weighted by Gasteiger charge is 2.33. The SMILES string of the molecule is CCOC(=O)N1CCN([C@@H](C(=O)O)c2c[nH]c3ccc(C)cc23)CC1. The topological polar surface area (TPSA) is 85.9 Å². The lowest BCUT2D eigenvalue weighted by Gasteiger charge is -2.37. The summed E-state index contributed by atoms with van der Waals surface area (Å²) >= 11 is 0. The lowest BCUT2D eigenvalue weighted by Crippen LogP contribution is -2.51. The summed E-state index contributed by atoms with van der Waals surface area (Å²) in [6, 6.07) is 5.23. The zero-order valence-corrected chi connectivity index (χ0v) is 14.5. The summed E-state index contributed by atoms with van der Waals surface area (Å²) in [6.07, 6.45) is 1.44. The van der Waals surface area contributed by atoms with E-state index >= 15 is 0 Å². The van der Waals surface area contributed by atoms with Crippen LogP contribution in [-0.4, -0.2) is 64.7 Å². The first-order valence-electron chi connectivity index (χ1n) is 8.47. The van der Waals surface area contributed by atoms with Gasteiger partial charge in [-0.05, 0) is 26.0 Å². The van der Waals surface area contributed by atoms with E-state index in [1.807, 2.05) is 30.0 Å². The molecule has 0 saturated carbocycles. The number of carbonyl (C=O) groups excluding carboxylic acids is 1. The molecule has 1 atom stereocenters. The molecule has 2 aromatic rings. The Morgan fingerprint density at radius 1 is 1.28 bits per heavy atom. The van der Waals surface area contributed by atoms with Crippen LogP contribution in [0.15, 0.2) is 24.4 Å². The van der Waals surface area contributed by atoms with E-state index in [4.69, 9.17) is 4.74 Å². The van der Waals surface area contributed by atoms with Crippen molar-refractivity contribution in [3.8, 4) is 0 Å². The van der Waals surface area contributed by atoms with Crippen molar-refractivity contribution in [2.75, 3.05) is 32.8 Å². The summed E-state index contributed by atoms with van der Waals surface area (Å²) in [4.78, 5) is 30.5. The first-order chi connectivity index (χ1) is 12.0. The lowest BCUT2D eigenvalue weighted by atomic mass is 10.0. The molecule has 2 heterocycles. The molecule has 1 aliphatic rings. The predicted octanol–water partition coefficient (Wildman–Crippen LogP) is 2.38. The molecular formula is C18H23N3O4. The number of aromatic nitrogens is 1. The van der Waals surface area contributed by atoms with Crippen molar-refractivity contribution in [2.45, 2.75) is 19.9 Å². The van der Waals surface area contributed by atoms with Crippen molar-refractivity contribution in [2.24, 2.45) is 0 Å². The number of amides is 1. The van der Waals surface area contributed by atoms with Crippen LogP contribution in [0.3, 0.4) is 0 Å². The Hall–Kier alpha value is -2.54. The van der Waals surface area contributed by atoms with Gasteiger partial charge in [-0.15, -0.1) is 0 Å². The van der Waals surface area contributed by atoms with E-state index in [9.17, 15) is 14.7 Å². The lowest BCUT2D eigenvalue weighted by molar-refractivity contribution is -0.144. The van der Waals surface area contributed by atoms with Crippen molar-refractivity contribution >= 4 is 23.0 Å². The third-order valence-electron chi connectivity index (χ3n) is 4.60. The Labute approximate surface area is 146 Å². The number of hydrogen-bond donors (Lipinski definition) is 2. The second-order valence-electron chi connectivity index (χ2n) is 6.26. The van der Waals surface area contributed by atoms with Crippen LogP contribution in [0.2, 0.25) is 0 Å². The normalized spacial score (nSPS) is 16.8. The molecule has 1 saturated heterocycles. The van der Waals surface area contributed by atoms with E-state index in [2.05, 4.69) is 4.98 Å². The number of carbonyl (C=O) groups is 2. The van der Waals surface area contributed by atoms with Crippen LogP contribution in [0, 0.1) is 6.92 Å². The molecule has 0 spiro atoms. The molecule has 0 unspecified atom stereocenters. The second kappa shape index (κ2) is 7.14. The maximum atomic E-state index is 12.0. The van der Waals surface area contributed by atoms with Gasteiger partial charge in [-0.25, -0.2) is 4.79 Å². The molecular weight excluding hydrogens is 322 g/mol. The number of aliphatic carboxylic acids is 1. The zero-order valence-electron chi connectivity index (χ0n) is 14.5. The fraction of sp³-hybridized carbons (Fsp3) is 0.444. The Morgan fingerprint density at radius 2 is 2.00 bits per heavy atom. The molecule has 1 fully saturated rings. The average molecular weight is 345 g/mol. The van der Waals surface area contributed by atoms with Gasteiger partial charge in [0, 0.05) is 48.8 Å². The van der Waals surface area contributed by atoms with Crippen LogP contribution in [0.25, 0.3) is 10.9 Å². The standard InChI is InChI=1S/C18H23N3O4/c1-3-25-18(24)21-8-6-20(7-9-21)16(17(22)23)14-11-19-15-5-4-12(2)10-13(14)15/h4-5,10-11,16,19H,3,6-9H2,1-2H3,(H,22,23)/t16-/m1/s1. The largest absolute Gasteiger partial charge is 0.480 e. The summed E-state index contributed by atoms with van der Waals surface area (Å²) in [5.74, 6) is -0.882. The van der Waals surface area contributed by atoms with Crippen molar-refractivity contribution in [1.29, 1.82) is 0 Å². The number of hydrogen-bond acceptors (Lipinski definition) is 4. The van der Waals surface area contributed by atoms with Crippen LogP contribution in [0.5, 0.6) is 0 Å². The van der Waals surface area contributed by atoms with Gasteiger partial charge in [-0.1, -0.05) is 11.6 Å². The van der Waals surface area contributed by atoms with Crippen LogP contribution in [0.4, 0.5) is 4.79 Å². The highest BCUT2D eigenvalue weighted by Crippen LogP contribution is 2.30. The molecule has 134 valence electrons. The minimum Gasteiger partial charge on any atom is -0.480 e. The van der Waals surface area contributed by atoms with Gasteiger partial charge in [-0.2, -0.15) is 0 Å². The number of rotatable bonds is 4. The monoisotopic (exact) mass is 345 g/mol. The van der Waals surface area contributed by atoms with Gasteiger partial charge in [0.05, 0.1) is 6.61 Å². The smallest absolute Gasteiger partial charge is 0.409 e. The number of ether oxygens (including phenoxy) is 1. The van der Waals surface area contributed by atoms with Crippen LogP contribution < -0.4 is 0 Å². The number of aryl methyl sites for hydroxylation is 1. The van der Waals surface area contributed by atoms with E-state index in [-0.39, 0.29) is 6.09 Å². The predicted molar refractivity (Wildman–Crippen MR) is 93.6 cm³/mol. The van der Waals surface area contributed by atoms with Crippen LogP contribution in [0.1, 0.15) is 24.1 Å². The first kappa shape index (κ1) is 17.3. The molecule has 7 nitrogen and oxygen atoms in total. The average Bonchev–Trinajstić information content (AvgIpc) is 2.98. The summed E-state index contributed by atoms with van der Waals surface area (Å²) in [6.45, 7) is 6.01.